The number of carbonyl (C=O) groups is 1. The van der Waals surface area contributed by atoms with E-state index in [9.17, 15) is 4.79 Å². The fraction of sp³-hybridized carbons (Fsp3) is 0.0833. The number of rotatable bonds is 2. The van der Waals surface area contributed by atoms with E-state index in [-0.39, 0.29) is 5.56 Å². The van der Waals surface area contributed by atoms with E-state index in [0.29, 0.717) is 22.1 Å². The lowest BCUT2D eigenvalue weighted by molar-refractivity contribution is 0.100. The third-order valence-electron chi connectivity index (χ3n) is 2.30. The maximum Gasteiger partial charge on any atom is 0.252 e. The molecule has 0 saturated heterocycles. The normalized spacial score (nSPS) is 10.2. The highest BCUT2D eigenvalue weighted by atomic mass is 35.5. The van der Waals surface area contributed by atoms with Gasteiger partial charge in [0.25, 0.3) is 5.91 Å². The van der Waals surface area contributed by atoms with Crippen molar-refractivity contribution in [2.24, 2.45) is 5.73 Å². The summed E-state index contributed by atoms with van der Waals surface area (Å²) >= 11 is 6.08. The van der Waals surface area contributed by atoms with Gasteiger partial charge in [0.2, 0.25) is 0 Å². The Hall–Kier alpha value is -1.94. The zero-order valence-corrected chi connectivity index (χ0v) is 9.90. The number of hydrogen-bond donors (Lipinski definition) is 1. The molecule has 0 unspecified atom stereocenters. The average molecular weight is 248 g/mol. The van der Waals surface area contributed by atoms with E-state index in [1.54, 1.807) is 19.1 Å². The van der Waals surface area contributed by atoms with E-state index < -0.39 is 5.91 Å². The molecule has 0 aliphatic rings. The van der Waals surface area contributed by atoms with Gasteiger partial charge in [-0.3, -0.25) is 4.79 Å². The number of nitrogens with zero attached hydrogens (tertiary/aromatic N) is 2. The van der Waals surface area contributed by atoms with Gasteiger partial charge in [-0.1, -0.05) is 29.8 Å². The van der Waals surface area contributed by atoms with E-state index in [2.05, 4.69) is 9.97 Å². The van der Waals surface area contributed by atoms with E-state index >= 15 is 0 Å². The molecule has 86 valence electrons. The topological polar surface area (TPSA) is 68.9 Å². The first-order chi connectivity index (χ1) is 8.09. The van der Waals surface area contributed by atoms with Gasteiger partial charge in [0.1, 0.15) is 5.82 Å². The second-order valence-corrected chi connectivity index (χ2v) is 3.93. The lowest BCUT2D eigenvalue weighted by Crippen LogP contribution is -2.14. The Morgan fingerprint density at radius 3 is 2.71 bits per heavy atom. The fourth-order valence-electron chi connectivity index (χ4n) is 1.51. The molecule has 0 atom stereocenters. The monoisotopic (exact) mass is 247 g/mol. The lowest BCUT2D eigenvalue weighted by atomic mass is 10.1. The molecule has 0 spiro atoms. The molecule has 0 aliphatic heterocycles. The predicted octanol–water partition coefficient (Wildman–Crippen LogP) is 2.20. The van der Waals surface area contributed by atoms with Gasteiger partial charge in [-0.25, -0.2) is 9.97 Å². The Bertz CT molecular complexity index is 584. The van der Waals surface area contributed by atoms with Crippen LogP contribution in [-0.4, -0.2) is 15.9 Å². The van der Waals surface area contributed by atoms with Crippen LogP contribution in [0.3, 0.4) is 0 Å². The summed E-state index contributed by atoms with van der Waals surface area (Å²) in [5.41, 5.74) is 6.70. The summed E-state index contributed by atoms with van der Waals surface area (Å²) in [5.74, 6) is -0.00941. The van der Waals surface area contributed by atoms with Crippen LogP contribution >= 0.6 is 11.6 Å². The quantitative estimate of drug-likeness (QED) is 0.885. The third kappa shape index (κ3) is 2.26. The molecule has 0 saturated carbocycles. The second kappa shape index (κ2) is 4.51. The van der Waals surface area contributed by atoms with E-state index in [1.165, 1.54) is 6.20 Å². The zero-order chi connectivity index (χ0) is 12.4. The minimum absolute atomic E-state index is 0.267. The van der Waals surface area contributed by atoms with Crippen molar-refractivity contribution in [1.29, 1.82) is 0 Å². The first-order valence-electron chi connectivity index (χ1n) is 4.98. The number of primary amides is 1. The number of aromatic nitrogens is 2. The summed E-state index contributed by atoms with van der Waals surface area (Å²) in [6.07, 6.45) is 1.42. The van der Waals surface area contributed by atoms with Gasteiger partial charge < -0.3 is 5.73 Å². The van der Waals surface area contributed by atoms with Gasteiger partial charge in [0.05, 0.1) is 11.3 Å². The highest BCUT2D eigenvalue weighted by molar-refractivity contribution is 6.33. The van der Waals surface area contributed by atoms with Crippen LogP contribution in [0.15, 0.2) is 30.5 Å². The van der Waals surface area contributed by atoms with Crippen LogP contribution < -0.4 is 5.73 Å². The van der Waals surface area contributed by atoms with Crippen LogP contribution in [0.2, 0.25) is 5.02 Å². The van der Waals surface area contributed by atoms with Crippen LogP contribution in [0.25, 0.3) is 11.3 Å². The van der Waals surface area contributed by atoms with Crippen molar-refractivity contribution in [3.63, 3.8) is 0 Å². The van der Waals surface area contributed by atoms with E-state index in [1.807, 2.05) is 12.1 Å². The van der Waals surface area contributed by atoms with Crippen LogP contribution in [0.4, 0.5) is 0 Å². The molecule has 0 bridgehead atoms. The molecule has 0 aliphatic carbocycles. The minimum atomic E-state index is -0.570. The molecule has 1 amide bonds. The minimum Gasteiger partial charge on any atom is -0.365 e. The lowest BCUT2D eigenvalue weighted by Gasteiger charge is -2.07. The number of halogens is 1. The van der Waals surface area contributed by atoms with Crippen LogP contribution in [0.1, 0.15) is 16.2 Å². The van der Waals surface area contributed by atoms with Crippen molar-refractivity contribution >= 4 is 17.5 Å². The van der Waals surface area contributed by atoms with Gasteiger partial charge in [-0.15, -0.1) is 0 Å². The van der Waals surface area contributed by atoms with Crippen LogP contribution in [0.5, 0.6) is 0 Å². The molecular formula is C12H10ClN3O. The number of aryl methyl sites for hydroxylation is 1. The smallest absolute Gasteiger partial charge is 0.252 e. The van der Waals surface area contributed by atoms with Gasteiger partial charge in [-0.05, 0) is 13.0 Å². The Morgan fingerprint density at radius 1 is 1.35 bits per heavy atom. The standard InChI is InChI=1S/C12H10ClN3O/c1-7-15-6-9(12(14)17)11(16-7)8-4-2-3-5-10(8)13/h2-6H,1H3,(H2,14,17). The maximum absolute atomic E-state index is 11.3. The summed E-state index contributed by atoms with van der Waals surface area (Å²) in [6.45, 7) is 1.74. The number of benzene rings is 1. The fourth-order valence-corrected chi connectivity index (χ4v) is 1.73. The third-order valence-corrected chi connectivity index (χ3v) is 2.63. The molecule has 5 heteroatoms. The molecular weight excluding hydrogens is 238 g/mol. The van der Waals surface area contributed by atoms with E-state index in [4.69, 9.17) is 17.3 Å². The molecule has 2 aromatic rings. The molecule has 1 aromatic heterocycles. The van der Waals surface area contributed by atoms with Crippen molar-refractivity contribution < 1.29 is 4.79 Å². The summed E-state index contributed by atoms with van der Waals surface area (Å²) in [7, 11) is 0. The highest BCUT2D eigenvalue weighted by Crippen LogP contribution is 2.28. The SMILES string of the molecule is Cc1ncc(C(N)=O)c(-c2ccccc2Cl)n1. The van der Waals surface area contributed by atoms with Crippen LogP contribution in [0, 0.1) is 6.92 Å². The van der Waals surface area contributed by atoms with Gasteiger partial charge >= 0.3 is 0 Å². The number of amides is 1. The zero-order valence-electron chi connectivity index (χ0n) is 9.14. The molecule has 1 heterocycles. The average Bonchev–Trinajstić information content (AvgIpc) is 2.29. The van der Waals surface area contributed by atoms with Crippen molar-refractivity contribution in [3.8, 4) is 11.3 Å². The van der Waals surface area contributed by atoms with Gasteiger partial charge in [0, 0.05) is 16.8 Å². The second-order valence-electron chi connectivity index (χ2n) is 3.52. The van der Waals surface area contributed by atoms with Crippen molar-refractivity contribution in [1.82, 2.24) is 9.97 Å². The summed E-state index contributed by atoms with van der Waals surface area (Å²) in [6, 6.07) is 7.16. The predicted molar refractivity (Wildman–Crippen MR) is 65.7 cm³/mol. The van der Waals surface area contributed by atoms with Crippen molar-refractivity contribution in [3.05, 3.63) is 46.9 Å². The molecule has 0 fully saturated rings. The summed E-state index contributed by atoms with van der Waals surface area (Å²) in [4.78, 5) is 19.5. The number of carbonyl (C=O) groups excluding carboxylic acids is 1. The van der Waals surface area contributed by atoms with Crippen molar-refractivity contribution in [2.75, 3.05) is 0 Å². The molecule has 17 heavy (non-hydrogen) atoms. The molecule has 2 rings (SSSR count). The largest absolute Gasteiger partial charge is 0.365 e. The molecule has 2 N–H and O–H groups in total. The Kier molecular flexibility index (Phi) is 3.06. The number of hydrogen-bond acceptors (Lipinski definition) is 3. The Morgan fingerprint density at radius 2 is 2.06 bits per heavy atom. The Balaban J connectivity index is 2.70. The highest BCUT2D eigenvalue weighted by Gasteiger charge is 2.14. The summed E-state index contributed by atoms with van der Waals surface area (Å²) < 4.78 is 0. The molecule has 1 aromatic carbocycles. The van der Waals surface area contributed by atoms with E-state index in [0.717, 1.165) is 0 Å². The Labute approximate surface area is 103 Å². The number of nitrogens with two attached hydrogens (primary N) is 1. The first kappa shape index (κ1) is 11.5. The van der Waals surface area contributed by atoms with Gasteiger partial charge in [-0.2, -0.15) is 0 Å². The first-order valence-corrected chi connectivity index (χ1v) is 5.35. The summed E-state index contributed by atoms with van der Waals surface area (Å²) in [5, 5.41) is 0.521. The van der Waals surface area contributed by atoms with Crippen LogP contribution in [-0.2, 0) is 0 Å². The van der Waals surface area contributed by atoms with Crippen molar-refractivity contribution in [2.45, 2.75) is 6.92 Å². The molecule has 4 nitrogen and oxygen atoms in total. The van der Waals surface area contributed by atoms with Gasteiger partial charge in [0.15, 0.2) is 0 Å². The maximum atomic E-state index is 11.3. The molecule has 0 radical (unpaired) electrons.